The van der Waals surface area contributed by atoms with E-state index < -0.39 is 23.1 Å². The second kappa shape index (κ2) is 5.23. The van der Waals surface area contributed by atoms with Crippen molar-refractivity contribution in [3.63, 3.8) is 0 Å². The number of hydrogen-bond acceptors (Lipinski definition) is 2. The van der Waals surface area contributed by atoms with Crippen LogP contribution in [0.1, 0.15) is 37.5 Å². The Bertz CT molecular complexity index is 476. The number of aryl methyl sites for hydroxylation is 1. The van der Waals surface area contributed by atoms with Crippen LogP contribution in [-0.2, 0) is 21.1 Å². The predicted molar refractivity (Wildman–Crippen MR) is 65.8 cm³/mol. The molecule has 0 atom stereocenters. The quantitative estimate of drug-likeness (QED) is 0.782. The maximum absolute atomic E-state index is 12.6. The highest BCUT2D eigenvalue weighted by atomic mass is 19.4. The predicted octanol–water partition coefficient (Wildman–Crippen LogP) is 3.85. The molecule has 0 saturated heterocycles. The molecule has 0 saturated carbocycles. The van der Waals surface area contributed by atoms with Crippen LogP contribution in [0.15, 0.2) is 18.2 Å². The first kappa shape index (κ1) is 15.5. The van der Waals surface area contributed by atoms with Crippen LogP contribution < -0.4 is 0 Å². The lowest BCUT2D eigenvalue weighted by atomic mass is 9.81. The molecule has 1 aromatic carbocycles. The van der Waals surface area contributed by atoms with E-state index in [4.69, 9.17) is 4.74 Å². The molecule has 19 heavy (non-hydrogen) atoms. The molecule has 0 heterocycles. The Hall–Kier alpha value is -1.52. The summed E-state index contributed by atoms with van der Waals surface area (Å²) >= 11 is 0. The number of esters is 1. The standard InChI is InChI=1S/C14H17F3O2/c1-5-19-12(18)13(3,4)11-7-6-10(8-9(11)2)14(15,16)17/h6-8H,5H2,1-4H3. The van der Waals surface area contributed by atoms with E-state index in [1.807, 2.05) is 0 Å². The van der Waals surface area contributed by atoms with E-state index in [0.29, 0.717) is 11.1 Å². The molecule has 5 heteroatoms. The van der Waals surface area contributed by atoms with Crippen LogP contribution in [0, 0.1) is 6.92 Å². The summed E-state index contributed by atoms with van der Waals surface area (Å²) in [4.78, 5) is 11.9. The Morgan fingerprint density at radius 3 is 2.26 bits per heavy atom. The van der Waals surface area contributed by atoms with Crippen LogP contribution >= 0.6 is 0 Å². The maximum Gasteiger partial charge on any atom is 0.416 e. The zero-order valence-corrected chi connectivity index (χ0v) is 11.4. The minimum absolute atomic E-state index is 0.238. The summed E-state index contributed by atoms with van der Waals surface area (Å²) in [6, 6.07) is 3.38. The molecule has 2 nitrogen and oxygen atoms in total. The summed E-state index contributed by atoms with van der Waals surface area (Å²) in [5.74, 6) is -0.446. The highest BCUT2D eigenvalue weighted by Crippen LogP contribution is 2.34. The molecule has 1 aromatic rings. The van der Waals surface area contributed by atoms with Gasteiger partial charge >= 0.3 is 12.1 Å². The number of ether oxygens (including phenoxy) is 1. The molecule has 0 fully saturated rings. The number of carbonyl (C=O) groups is 1. The number of hydrogen-bond donors (Lipinski definition) is 0. The van der Waals surface area contributed by atoms with E-state index in [9.17, 15) is 18.0 Å². The molecule has 1 rings (SSSR count). The van der Waals surface area contributed by atoms with Crippen LogP contribution in [0.3, 0.4) is 0 Å². The molecule has 0 aliphatic heterocycles. The van der Waals surface area contributed by atoms with Gasteiger partial charge in [0.05, 0.1) is 17.6 Å². The summed E-state index contributed by atoms with van der Waals surface area (Å²) < 4.78 is 42.7. The first-order valence-corrected chi connectivity index (χ1v) is 5.96. The molecule has 0 radical (unpaired) electrons. The van der Waals surface area contributed by atoms with E-state index in [0.717, 1.165) is 12.1 Å². The van der Waals surface area contributed by atoms with Gasteiger partial charge in [-0.1, -0.05) is 6.07 Å². The van der Waals surface area contributed by atoms with E-state index in [1.54, 1.807) is 27.7 Å². The van der Waals surface area contributed by atoms with Gasteiger partial charge in [0, 0.05) is 0 Å². The number of carbonyl (C=O) groups excluding carboxylic acids is 1. The third-order valence-electron chi connectivity index (χ3n) is 3.01. The van der Waals surface area contributed by atoms with Gasteiger partial charge in [-0.25, -0.2) is 0 Å². The van der Waals surface area contributed by atoms with Gasteiger partial charge in [0.15, 0.2) is 0 Å². The van der Waals surface area contributed by atoms with Gasteiger partial charge in [-0.15, -0.1) is 0 Å². The molecule has 0 aliphatic carbocycles. The van der Waals surface area contributed by atoms with Crippen LogP contribution in [0.2, 0.25) is 0 Å². The maximum atomic E-state index is 12.6. The largest absolute Gasteiger partial charge is 0.465 e. The van der Waals surface area contributed by atoms with E-state index in [2.05, 4.69) is 0 Å². The van der Waals surface area contributed by atoms with Crippen molar-refractivity contribution in [2.75, 3.05) is 6.61 Å². The van der Waals surface area contributed by atoms with E-state index in [-0.39, 0.29) is 6.61 Å². The topological polar surface area (TPSA) is 26.3 Å². The minimum atomic E-state index is -4.38. The van der Waals surface area contributed by atoms with Crippen LogP contribution in [0.4, 0.5) is 13.2 Å². The van der Waals surface area contributed by atoms with Gasteiger partial charge < -0.3 is 4.74 Å². The number of rotatable bonds is 3. The van der Waals surface area contributed by atoms with Gasteiger partial charge in [0.25, 0.3) is 0 Å². The average Bonchev–Trinajstić information content (AvgIpc) is 2.27. The van der Waals surface area contributed by atoms with Gasteiger partial charge in [-0.05, 0) is 51.0 Å². The zero-order valence-electron chi connectivity index (χ0n) is 11.4. The minimum Gasteiger partial charge on any atom is -0.465 e. The Kier molecular flexibility index (Phi) is 4.28. The summed E-state index contributed by atoms with van der Waals surface area (Å²) in [6.07, 6.45) is -4.38. The van der Waals surface area contributed by atoms with Crippen molar-refractivity contribution in [3.05, 3.63) is 34.9 Å². The second-order valence-electron chi connectivity index (χ2n) is 4.87. The van der Waals surface area contributed by atoms with Gasteiger partial charge in [0.1, 0.15) is 0 Å². The van der Waals surface area contributed by atoms with Gasteiger partial charge in [-0.3, -0.25) is 4.79 Å². The first-order chi connectivity index (χ1) is 8.60. The molecular weight excluding hydrogens is 257 g/mol. The molecule has 0 aromatic heterocycles. The smallest absolute Gasteiger partial charge is 0.416 e. The van der Waals surface area contributed by atoms with Crippen molar-refractivity contribution in [1.29, 1.82) is 0 Å². The van der Waals surface area contributed by atoms with Crippen molar-refractivity contribution in [3.8, 4) is 0 Å². The zero-order chi connectivity index (χ0) is 14.8. The number of alkyl halides is 3. The van der Waals surface area contributed by atoms with Gasteiger partial charge in [-0.2, -0.15) is 13.2 Å². The lowest BCUT2D eigenvalue weighted by Crippen LogP contribution is -2.32. The van der Waals surface area contributed by atoms with E-state index in [1.165, 1.54) is 6.07 Å². The van der Waals surface area contributed by atoms with Crippen molar-refractivity contribution in [2.45, 2.75) is 39.3 Å². The average molecular weight is 274 g/mol. The fourth-order valence-corrected chi connectivity index (χ4v) is 1.96. The molecule has 106 valence electrons. The highest BCUT2D eigenvalue weighted by Gasteiger charge is 2.35. The van der Waals surface area contributed by atoms with Crippen molar-refractivity contribution >= 4 is 5.97 Å². The third kappa shape index (κ3) is 3.28. The van der Waals surface area contributed by atoms with Crippen LogP contribution in [0.25, 0.3) is 0 Å². The van der Waals surface area contributed by atoms with Crippen molar-refractivity contribution in [2.24, 2.45) is 0 Å². The lowest BCUT2D eigenvalue weighted by molar-refractivity contribution is -0.148. The first-order valence-electron chi connectivity index (χ1n) is 5.96. The molecule has 0 aliphatic rings. The normalized spacial score (nSPS) is 12.4. The number of halogens is 3. The molecule has 0 bridgehead atoms. The molecule has 0 spiro atoms. The summed E-state index contributed by atoms with van der Waals surface area (Å²) in [7, 11) is 0. The Labute approximate surface area is 110 Å². The highest BCUT2D eigenvalue weighted by molar-refractivity contribution is 5.82. The summed E-state index contributed by atoms with van der Waals surface area (Å²) in [5, 5.41) is 0. The fourth-order valence-electron chi connectivity index (χ4n) is 1.96. The molecule has 0 N–H and O–H groups in total. The Balaban J connectivity index is 3.19. The SMILES string of the molecule is CCOC(=O)C(C)(C)c1ccc(C(F)(F)F)cc1C. The third-order valence-corrected chi connectivity index (χ3v) is 3.01. The summed E-state index contributed by atoms with van der Waals surface area (Å²) in [6.45, 7) is 6.77. The second-order valence-corrected chi connectivity index (χ2v) is 4.87. The molecule has 0 unspecified atom stereocenters. The molecular formula is C14H17F3O2. The van der Waals surface area contributed by atoms with Crippen molar-refractivity contribution in [1.82, 2.24) is 0 Å². The monoisotopic (exact) mass is 274 g/mol. The molecule has 0 amide bonds. The number of benzene rings is 1. The Morgan fingerprint density at radius 1 is 1.26 bits per heavy atom. The van der Waals surface area contributed by atoms with E-state index >= 15 is 0 Å². The van der Waals surface area contributed by atoms with Crippen molar-refractivity contribution < 1.29 is 22.7 Å². The van der Waals surface area contributed by atoms with Crippen LogP contribution in [0.5, 0.6) is 0 Å². The lowest BCUT2D eigenvalue weighted by Gasteiger charge is -2.25. The van der Waals surface area contributed by atoms with Gasteiger partial charge in [0.2, 0.25) is 0 Å². The fraction of sp³-hybridized carbons (Fsp3) is 0.500. The van der Waals surface area contributed by atoms with Crippen LogP contribution in [-0.4, -0.2) is 12.6 Å². The summed E-state index contributed by atoms with van der Waals surface area (Å²) in [5.41, 5.74) is -0.718. The Morgan fingerprint density at radius 2 is 1.84 bits per heavy atom.